The zero-order valence-electron chi connectivity index (χ0n) is 8.12. The summed E-state index contributed by atoms with van der Waals surface area (Å²) in [5.41, 5.74) is 0.927. The van der Waals surface area contributed by atoms with Gasteiger partial charge in [0.1, 0.15) is 6.33 Å². The van der Waals surface area contributed by atoms with Gasteiger partial charge in [-0.1, -0.05) is 23.9 Å². The topological polar surface area (TPSA) is 46.0 Å². The third-order valence-corrected chi connectivity index (χ3v) is 3.63. The lowest BCUT2D eigenvalue weighted by atomic mass is 10.1. The molecule has 0 unspecified atom stereocenters. The Morgan fingerprint density at radius 1 is 1.33 bits per heavy atom. The molecular formula is C10H10N2OS2. The average molecular weight is 238 g/mol. The Morgan fingerprint density at radius 3 is 2.60 bits per heavy atom. The summed E-state index contributed by atoms with van der Waals surface area (Å²) in [5, 5.41) is 9.34. The predicted octanol–water partition coefficient (Wildman–Crippen LogP) is 2.74. The van der Waals surface area contributed by atoms with E-state index < -0.39 is 6.10 Å². The lowest BCUT2D eigenvalue weighted by Crippen LogP contribution is -1.89. The molecule has 0 aliphatic heterocycles. The van der Waals surface area contributed by atoms with Crippen molar-refractivity contribution in [1.82, 2.24) is 9.36 Å². The van der Waals surface area contributed by atoms with E-state index in [4.69, 9.17) is 0 Å². The number of aliphatic hydroxyl groups excluding tert-OH is 1. The molecule has 0 spiro atoms. The summed E-state index contributed by atoms with van der Waals surface area (Å²) < 4.78 is 4.86. The molecule has 15 heavy (non-hydrogen) atoms. The minimum absolute atomic E-state index is 0.412. The van der Waals surface area contributed by atoms with Crippen LogP contribution < -0.4 is 0 Å². The summed E-state index contributed by atoms with van der Waals surface area (Å²) in [6, 6.07) is 7.81. The van der Waals surface area contributed by atoms with Crippen molar-refractivity contribution in [3.05, 3.63) is 36.2 Å². The summed E-state index contributed by atoms with van der Waals surface area (Å²) in [6.45, 7) is 1.76. The van der Waals surface area contributed by atoms with Crippen LogP contribution in [-0.2, 0) is 0 Å². The highest BCUT2D eigenvalue weighted by molar-refractivity contribution is 8.01. The van der Waals surface area contributed by atoms with E-state index in [0.29, 0.717) is 0 Å². The van der Waals surface area contributed by atoms with Gasteiger partial charge in [0, 0.05) is 4.90 Å². The largest absolute Gasteiger partial charge is 0.389 e. The number of benzene rings is 1. The van der Waals surface area contributed by atoms with E-state index in [0.717, 1.165) is 14.8 Å². The molecule has 2 aromatic rings. The van der Waals surface area contributed by atoms with Gasteiger partial charge in [-0.15, -0.1) is 0 Å². The molecule has 0 fully saturated rings. The average Bonchev–Trinajstić information content (AvgIpc) is 2.71. The second-order valence-electron chi connectivity index (χ2n) is 3.05. The van der Waals surface area contributed by atoms with Crippen LogP contribution in [0.1, 0.15) is 18.6 Å². The van der Waals surface area contributed by atoms with Crippen LogP contribution >= 0.6 is 23.3 Å². The summed E-state index contributed by atoms with van der Waals surface area (Å²) in [5.74, 6) is 0. The fraction of sp³-hybridized carbons (Fsp3) is 0.200. The zero-order chi connectivity index (χ0) is 10.7. The summed E-state index contributed by atoms with van der Waals surface area (Å²) in [7, 11) is 0. The first-order valence-electron chi connectivity index (χ1n) is 4.48. The van der Waals surface area contributed by atoms with Crippen LogP contribution in [0.25, 0.3) is 0 Å². The van der Waals surface area contributed by atoms with E-state index in [1.54, 1.807) is 25.0 Å². The van der Waals surface area contributed by atoms with Gasteiger partial charge in [-0.05, 0) is 36.2 Å². The molecule has 0 saturated carbocycles. The molecule has 78 valence electrons. The van der Waals surface area contributed by atoms with Crippen molar-refractivity contribution in [2.24, 2.45) is 0 Å². The van der Waals surface area contributed by atoms with Crippen molar-refractivity contribution >= 4 is 23.3 Å². The number of nitrogens with zero attached hydrogens (tertiary/aromatic N) is 2. The molecule has 3 nitrogen and oxygen atoms in total. The monoisotopic (exact) mass is 238 g/mol. The first kappa shape index (κ1) is 10.6. The molecule has 0 saturated heterocycles. The van der Waals surface area contributed by atoms with Gasteiger partial charge in [-0.25, -0.2) is 4.98 Å². The van der Waals surface area contributed by atoms with Gasteiger partial charge in [0.15, 0.2) is 4.34 Å². The third-order valence-electron chi connectivity index (χ3n) is 1.91. The van der Waals surface area contributed by atoms with Crippen molar-refractivity contribution in [3.8, 4) is 0 Å². The van der Waals surface area contributed by atoms with Gasteiger partial charge in [0.25, 0.3) is 0 Å². The van der Waals surface area contributed by atoms with Gasteiger partial charge in [0.2, 0.25) is 0 Å². The van der Waals surface area contributed by atoms with E-state index >= 15 is 0 Å². The smallest absolute Gasteiger partial charge is 0.174 e. The first-order valence-corrected chi connectivity index (χ1v) is 6.07. The van der Waals surface area contributed by atoms with Crippen molar-refractivity contribution in [2.75, 3.05) is 0 Å². The van der Waals surface area contributed by atoms with E-state index in [1.807, 2.05) is 24.3 Å². The molecule has 0 aliphatic carbocycles. The van der Waals surface area contributed by atoms with E-state index in [2.05, 4.69) is 9.36 Å². The maximum Gasteiger partial charge on any atom is 0.174 e. The number of rotatable bonds is 3. The molecule has 5 heteroatoms. The second-order valence-corrected chi connectivity index (χ2v) is 5.15. The molecule has 0 bridgehead atoms. The van der Waals surface area contributed by atoms with E-state index in [9.17, 15) is 5.11 Å². The summed E-state index contributed by atoms with van der Waals surface area (Å²) >= 11 is 2.96. The normalized spacial score (nSPS) is 12.7. The molecule has 0 amide bonds. The van der Waals surface area contributed by atoms with Gasteiger partial charge in [-0.3, -0.25) is 0 Å². The SMILES string of the molecule is C[C@@H](O)c1ccc(Sc2ncns2)cc1. The Bertz CT molecular complexity index is 411. The fourth-order valence-corrected chi connectivity index (χ4v) is 2.54. The second kappa shape index (κ2) is 4.74. The highest BCUT2D eigenvalue weighted by atomic mass is 32.2. The van der Waals surface area contributed by atoms with Gasteiger partial charge in [0.05, 0.1) is 6.10 Å². The third kappa shape index (κ3) is 2.77. The molecule has 0 radical (unpaired) electrons. The summed E-state index contributed by atoms with van der Waals surface area (Å²) in [6.07, 6.45) is 1.14. The molecule has 1 N–H and O–H groups in total. The number of aliphatic hydroxyl groups is 1. The van der Waals surface area contributed by atoms with Crippen molar-refractivity contribution in [1.29, 1.82) is 0 Å². The molecule has 1 aromatic heterocycles. The lowest BCUT2D eigenvalue weighted by molar-refractivity contribution is 0.199. The Hall–Kier alpha value is -0.910. The van der Waals surface area contributed by atoms with Crippen LogP contribution in [0.2, 0.25) is 0 Å². The number of aromatic nitrogens is 2. The van der Waals surface area contributed by atoms with Crippen LogP contribution in [0.15, 0.2) is 39.8 Å². The minimum Gasteiger partial charge on any atom is -0.389 e. The highest BCUT2D eigenvalue weighted by Gasteiger charge is 2.03. The van der Waals surface area contributed by atoms with Crippen LogP contribution in [0.5, 0.6) is 0 Å². The lowest BCUT2D eigenvalue weighted by Gasteiger charge is -2.04. The Morgan fingerprint density at radius 2 is 2.07 bits per heavy atom. The fourth-order valence-electron chi connectivity index (χ4n) is 1.12. The van der Waals surface area contributed by atoms with Crippen LogP contribution in [0.4, 0.5) is 0 Å². The molecule has 1 aromatic carbocycles. The van der Waals surface area contributed by atoms with Crippen LogP contribution in [0.3, 0.4) is 0 Å². The quantitative estimate of drug-likeness (QED) is 0.893. The predicted molar refractivity (Wildman–Crippen MR) is 61.1 cm³/mol. The summed E-state index contributed by atoms with van der Waals surface area (Å²) in [4.78, 5) is 5.20. The molecule has 1 atom stereocenters. The Labute approximate surface area is 96.4 Å². The van der Waals surface area contributed by atoms with E-state index in [1.165, 1.54) is 11.5 Å². The first-order chi connectivity index (χ1) is 7.25. The van der Waals surface area contributed by atoms with Gasteiger partial charge >= 0.3 is 0 Å². The standard InChI is InChI=1S/C10H10N2OS2/c1-7(13)8-2-4-9(5-3-8)14-10-11-6-12-15-10/h2-7,13H,1H3/t7-/m1/s1. The van der Waals surface area contributed by atoms with Gasteiger partial charge in [-0.2, -0.15) is 4.37 Å². The van der Waals surface area contributed by atoms with Crippen LogP contribution in [0, 0.1) is 0 Å². The minimum atomic E-state index is -0.412. The number of hydrogen-bond donors (Lipinski definition) is 1. The maximum absolute atomic E-state index is 9.34. The molecule has 2 rings (SSSR count). The number of hydrogen-bond acceptors (Lipinski definition) is 5. The maximum atomic E-state index is 9.34. The van der Waals surface area contributed by atoms with Crippen molar-refractivity contribution in [2.45, 2.75) is 22.3 Å². The molecule has 0 aliphatic rings. The molecular weight excluding hydrogens is 228 g/mol. The van der Waals surface area contributed by atoms with Crippen molar-refractivity contribution in [3.63, 3.8) is 0 Å². The van der Waals surface area contributed by atoms with Crippen LogP contribution in [-0.4, -0.2) is 14.5 Å². The zero-order valence-corrected chi connectivity index (χ0v) is 9.76. The molecule has 1 heterocycles. The van der Waals surface area contributed by atoms with Gasteiger partial charge < -0.3 is 5.11 Å². The highest BCUT2D eigenvalue weighted by Crippen LogP contribution is 2.28. The van der Waals surface area contributed by atoms with Crippen molar-refractivity contribution < 1.29 is 5.11 Å². The Kier molecular flexibility index (Phi) is 3.35. The Balaban J connectivity index is 2.11. The van der Waals surface area contributed by atoms with E-state index in [-0.39, 0.29) is 0 Å².